The van der Waals surface area contributed by atoms with Crippen LogP contribution in [-0.2, 0) is 11.0 Å². The van der Waals surface area contributed by atoms with Crippen LogP contribution in [0.1, 0.15) is 22.3 Å². The van der Waals surface area contributed by atoms with E-state index in [1.54, 1.807) is 12.1 Å². The Hall–Kier alpha value is -2.14. The molecule has 0 atom stereocenters. The van der Waals surface area contributed by atoms with Gasteiger partial charge in [0.05, 0.1) is 5.30 Å². The van der Waals surface area contributed by atoms with Crippen LogP contribution in [0.4, 0.5) is 0 Å². The maximum Gasteiger partial charge on any atom is 0.357 e. The number of aromatic hydroxyl groups is 2. The van der Waals surface area contributed by atoms with Crippen molar-refractivity contribution < 1.29 is 29.4 Å². The predicted molar refractivity (Wildman–Crippen MR) is 80.5 cm³/mol. The minimum atomic E-state index is -4.65. The predicted octanol–water partition coefficient (Wildman–Crippen LogP) is 1.72. The number of rotatable bonds is 5. The molecule has 0 unspecified atom stereocenters. The second-order valence-corrected chi connectivity index (χ2v) is 6.40. The van der Waals surface area contributed by atoms with Gasteiger partial charge in [-0.2, -0.15) is 0 Å². The maximum atomic E-state index is 12.2. The molecule has 2 aromatic rings. The first-order chi connectivity index (χ1) is 10.3. The summed E-state index contributed by atoms with van der Waals surface area (Å²) in [6.45, 7) is 0. The summed E-state index contributed by atoms with van der Waals surface area (Å²) in [4.78, 5) is 30.7. The molecule has 4 N–H and O–H groups in total. The van der Waals surface area contributed by atoms with Gasteiger partial charge in [-0.1, -0.05) is 12.1 Å². The van der Waals surface area contributed by atoms with Gasteiger partial charge >= 0.3 is 7.60 Å². The minimum Gasteiger partial charge on any atom is -0.508 e. The SMILES string of the molecule is O=C(CCc1ccc(O)cc1)c1ccc(O)cc1P(=O)(O)O. The lowest BCUT2D eigenvalue weighted by Crippen LogP contribution is -2.16. The Morgan fingerprint density at radius 2 is 1.55 bits per heavy atom. The Kier molecular flexibility index (Phi) is 4.66. The molecule has 2 aromatic carbocycles. The summed E-state index contributed by atoms with van der Waals surface area (Å²) in [5, 5.41) is 18.1. The molecule has 0 radical (unpaired) electrons. The highest BCUT2D eigenvalue weighted by Gasteiger charge is 2.25. The Morgan fingerprint density at radius 3 is 2.14 bits per heavy atom. The fourth-order valence-electron chi connectivity index (χ4n) is 2.05. The average Bonchev–Trinajstić information content (AvgIpc) is 2.45. The normalized spacial score (nSPS) is 11.4. The molecule has 6 nitrogen and oxygen atoms in total. The molecule has 0 aromatic heterocycles. The van der Waals surface area contributed by atoms with Crippen LogP contribution in [0.3, 0.4) is 0 Å². The van der Waals surface area contributed by atoms with E-state index in [1.807, 2.05) is 0 Å². The van der Waals surface area contributed by atoms with E-state index < -0.39 is 18.7 Å². The second-order valence-electron chi connectivity index (χ2n) is 4.84. The van der Waals surface area contributed by atoms with E-state index >= 15 is 0 Å². The van der Waals surface area contributed by atoms with Crippen LogP contribution in [-0.4, -0.2) is 25.8 Å². The van der Waals surface area contributed by atoms with Crippen LogP contribution in [0.15, 0.2) is 42.5 Å². The van der Waals surface area contributed by atoms with Gasteiger partial charge in [0.2, 0.25) is 0 Å². The molecule has 0 aliphatic rings. The van der Waals surface area contributed by atoms with Crippen molar-refractivity contribution in [1.82, 2.24) is 0 Å². The Bertz CT molecular complexity index is 732. The van der Waals surface area contributed by atoms with E-state index in [2.05, 4.69) is 0 Å². The lowest BCUT2D eigenvalue weighted by Gasteiger charge is -2.10. The standard InChI is InChI=1S/C15H15O6P/c16-11-4-1-10(2-5-11)3-8-14(18)13-7-6-12(17)9-15(13)22(19,20)21/h1-2,4-7,9,16-17H,3,8H2,(H2,19,20,21). The van der Waals surface area contributed by atoms with Crippen molar-refractivity contribution in [2.24, 2.45) is 0 Å². The van der Waals surface area contributed by atoms with Crippen LogP contribution in [0.25, 0.3) is 0 Å². The molecular formula is C15H15O6P. The first-order valence-corrected chi connectivity index (χ1v) is 8.09. The third-order valence-corrected chi connectivity index (χ3v) is 4.17. The summed E-state index contributed by atoms with van der Waals surface area (Å²) in [5.74, 6) is -0.614. The quantitative estimate of drug-likeness (QED) is 0.492. The van der Waals surface area contributed by atoms with Gasteiger partial charge in [-0.15, -0.1) is 0 Å². The monoisotopic (exact) mass is 322 g/mol. The highest BCUT2D eigenvalue weighted by molar-refractivity contribution is 7.60. The van der Waals surface area contributed by atoms with E-state index in [1.165, 1.54) is 24.3 Å². The maximum absolute atomic E-state index is 12.2. The first-order valence-electron chi connectivity index (χ1n) is 6.47. The number of benzene rings is 2. The lowest BCUT2D eigenvalue weighted by atomic mass is 10.0. The van der Waals surface area contributed by atoms with E-state index in [9.17, 15) is 29.4 Å². The molecule has 0 bridgehead atoms. The van der Waals surface area contributed by atoms with Crippen molar-refractivity contribution >= 4 is 18.7 Å². The summed E-state index contributed by atoms with van der Waals surface area (Å²) in [6.07, 6.45) is 0.434. The molecule has 0 spiro atoms. The zero-order chi connectivity index (χ0) is 16.3. The van der Waals surface area contributed by atoms with Crippen LogP contribution < -0.4 is 5.30 Å². The summed E-state index contributed by atoms with van der Waals surface area (Å²) < 4.78 is 11.4. The van der Waals surface area contributed by atoms with Gasteiger partial charge in [0.15, 0.2) is 5.78 Å². The zero-order valence-electron chi connectivity index (χ0n) is 11.5. The number of hydrogen-bond donors (Lipinski definition) is 4. The summed E-state index contributed by atoms with van der Waals surface area (Å²) >= 11 is 0. The number of Topliss-reactive ketones (excluding diaryl/α,β-unsaturated/α-hetero) is 1. The number of phenolic OH excluding ortho intramolecular Hbond substituents is 2. The van der Waals surface area contributed by atoms with Crippen LogP contribution in [0, 0.1) is 0 Å². The lowest BCUT2D eigenvalue weighted by molar-refractivity contribution is 0.0983. The van der Waals surface area contributed by atoms with Gasteiger partial charge in [0, 0.05) is 12.0 Å². The number of phenols is 2. The van der Waals surface area contributed by atoms with E-state index in [4.69, 9.17) is 0 Å². The Labute approximate surface area is 126 Å². The zero-order valence-corrected chi connectivity index (χ0v) is 12.4. The number of hydrogen-bond acceptors (Lipinski definition) is 4. The smallest absolute Gasteiger partial charge is 0.357 e. The van der Waals surface area contributed by atoms with Gasteiger partial charge < -0.3 is 20.0 Å². The van der Waals surface area contributed by atoms with E-state index in [0.717, 1.165) is 11.6 Å². The van der Waals surface area contributed by atoms with Crippen LogP contribution in [0.5, 0.6) is 11.5 Å². The van der Waals surface area contributed by atoms with Crippen molar-refractivity contribution in [2.75, 3.05) is 0 Å². The summed E-state index contributed by atoms with van der Waals surface area (Å²) in [5.41, 5.74) is 0.729. The van der Waals surface area contributed by atoms with Gasteiger partial charge in [0.1, 0.15) is 11.5 Å². The first kappa shape index (κ1) is 16.2. The van der Waals surface area contributed by atoms with Gasteiger partial charge in [-0.25, -0.2) is 0 Å². The van der Waals surface area contributed by atoms with E-state index in [-0.39, 0.29) is 23.5 Å². The van der Waals surface area contributed by atoms with Gasteiger partial charge in [-0.3, -0.25) is 9.36 Å². The largest absolute Gasteiger partial charge is 0.508 e. The van der Waals surface area contributed by atoms with E-state index in [0.29, 0.717) is 6.42 Å². The van der Waals surface area contributed by atoms with Crippen molar-refractivity contribution in [2.45, 2.75) is 12.8 Å². The van der Waals surface area contributed by atoms with Crippen molar-refractivity contribution in [3.05, 3.63) is 53.6 Å². The van der Waals surface area contributed by atoms with Crippen molar-refractivity contribution in [3.63, 3.8) is 0 Å². The number of carbonyl (C=O) groups is 1. The van der Waals surface area contributed by atoms with Crippen molar-refractivity contribution in [1.29, 1.82) is 0 Å². The summed E-state index contributed by atoms with van der Waals surface area (Å²) in [6, 6.07) is 9.68. The molecule has 0 fully saturated rings. The Balaban J connectivity index is 2.19. The van der Waals surface area contributed by atoms with Crippen LogP contribution in [0.2, 0.25) is 0 Å². The molecule has 0 aliphatic carbocycles. The fraction of sp³-hybridized carbons (Fsp3) is 0.133. The number of aryl methyl sites for hydroxylation is 1. The fourth-order valence-corrected chi connectivity index (χ4v) is 2.87. The molecule has 22 heavy (non-hydrogen) atoms. The van der Waals surface area contributed by atoms with Gasteiger partial charge in [-0.05, 0) is 42.3 Å². The topological polar surface area (TPSA) is 115 Å². The molecule has 0 amide bonds. The van der Waals surface area contributed by atoms with Crippen LogP contribution >= 0.6 is 7.60 Å². The minimum absolute atomic E-state index is 0.0581. The molecule has 2 rings (SSSR count). The van der Waals surface area contributed by atoms with Gasteiger partial charge in [0.25, 0.3) is 0 Å². The molecule has 0 saturated carbocycles. The highest BCUT2D eigenvalue weighted by atomic mass is 31.2. The molecule has 0 aliphatic heterocycles. The molecular weight excluding hydrogens is 307 g/mol. The third-order valence-electron chi connectivity index (χ3n) is 3.17. The molecule has 7 heteroatoms. The third kappa shape index (κ3) is 3.95. The molecule has 0 saturated heterocycles. The molecule has 0 heterocycles. The summed E-state index contributed by atoms with van der Waals surface area (Å²) in [7, 11) is -4.65. The second kappa shape index (κ2) is 6.32. The highest BCUT2D eigenvalue weighted by Crippen LogP contribution is 2.36. The Morgan fingerprint density at radius 1 is 0.955 bits per heavy atom. The molecule has 116 valence electrons. The van der Waals surface area contributed by atoms with Crippen molar-refractivity contribution in [3.8, 4) is 11.5 Å². The number of ketones is 1. The number of carbonyl (C=O) groups excluding carboxylic acids is 1. The average molecular weight is 322 g/mol.